The summed E-state index contributed by atoms with van der Waals surface area (Å²) in [5.74, 6) is -3.87. The first-order valence-corrected chi connectivity index (χ1v) is 8.32. The van der Waals surface area contributed by atoms with E-state index in [0.29, 0.717) is 12.0 Å². The van der Waals surface area contributed by atoms with E-state index >= 15 is 0 Å². The van der Waals surface area contributed by atoms with Crippen molar-refractivity contribution in [1.82, 2.24) is 10.9 Å². The molecule has 0 radical (unpaired) electrons. The molecule has 2 aliphatic carbocycles. The maximum atomic E-state index is 12.3. The molecule has 3 rings (SSSR count). The van der Waals surface area contributed by atoms with Crippen LogP contribution in [0.3, 0.4) is 0 Å². The molecule has 0 unspecified atom stereocenters. The number of aryl methyl sites for hydroxylation is 1. The lowest BCUT2D eigenvalue weighted by molar-refractivity contribution is -0.313. The van der Waals surface area contributed by atoms with Gasteiger partial charge in [0.15, 0.2) is 0 Å². The lowest BCUT2D eigenvalue weighted by Gasteiger charge is -2.27. The Morgan fingerprint density at radius 2 is 1.78 bits per heavy atom. The maximum Gasteiger partial charge on any atom is 0.270 e. The van der Waals surface area contributed by atoms with Crippen molar-refractivity contribution in [1.29, 1.82) is 0 Å². The summed E-state index contributed by atoms with van der Waals surface area (Å²) in [5, 5.41) is 13.0. The summed E-state index contributed by atoms with van der Waals surface area (Å²) >= 11 is 1.46. The van der Waals surface area contributed by atoms with E-state index in [9.17, 15) is 19.5 Å². The second-order valence-electron chi connectivity index (χ2n) is 6.09. The number of hydrogen-bond donors (Lipinski definition) is 2. The Balaban J connectivity index is 1.66. The summed E-state index contributed by atoms with van der Waals surface area (Å²) in [5.41, 5.74) is 6.13. The Bertz CT molecular complexity index is 709. The quantitative estimate of drug-likeness (QED) is 0.614. The molecule has 2 aliphatic rings. The number of carboxylic acid groups (broad SMARTS) is 1. The fourth-order valence-corrected chi connectivity index (χ4v) is 4.37. The van der Waals surface area contributed by atoms with Gasteiger partial charge in [0.1, 0.15) is 0 Å². The summed E-state index contributed by atoms with van der Waals surface area (Å²) in [6, 6.07) is 0. The third kappa shape index (κ3) is 2.65. The van der Waals surface area contributed by atoms with Crippen LogP contribution in [0.1, 0.15) is 27.2 Å². The highest BCUT2D eigenvalue weighted by atomic mass is 32.1. The second-order valence-corrected chi connectivity index (χ2v) is 7.18. The van der Waals surface area contributed by atoms with Crippen LogP contribution < -0.4 is 16.0 Å². The highest BCUT2D eigenvalue weighted by molar-refractivity contribution is 7.10. The topological polar surface area (TPSA) is 98.3 Å². The zero-order valence-electron chi connectivity index (χ0n) is 12.8. The van der Waals surface area contributed by atoms with Crippen LogP contribution in [0.5, 0.6) is 0 Å². The molecule has 6 nitrogen and oxygen atoms in total. The number of amides is 2. The fraction of sp³-hybridized carbons (Fsp3) is 0.438. The van der Waals surface area contributed by atoms with Gasteiger partial charge >= 0.3 is 0 Å². The zero-order valence-corrected chi connectivity index (χ0v) is 13.6. The first kappa shape index (κ1) is 15.7. The predicted molar refractivity (Wildman–Crippen MR) is 82.1 cm³/mol. The van der Waals surface area contributed by atoms with Crippen LogP contribution in [0, 0.1) is 37.5 Å². The molecular formula is C16H17N2O4S-. The Morgan fingerprint density at radius 3 is 2.35 bits per heavy atom. The maximum absolute atomic E-state index is 12.3. The zero-order chi connectivity index (χ0) is 16.7. The molecular weight excluding hydrogens is 316 g/mol. The van der Waals surface area contributed by atoms with Crippen molar-refractivity contribution in [3.63, 3.8) is 0 Å². The number of rotatable bonds is 3. The third-order valence-corrected chi connectivity index (χ3v) is 5.88. The first-order valence-electron chi connectivity index (χ1n) is 7.44. The van der Waals surface area contributed by atoms with E-state index in [4.69, 9.17) is 0 Å². The van der Waals surface area contributed by atoms with Gasteiger partial charge in [0.05, 0.1) is 11.5 Å². The highest BCUT2D eigenvalue weighted by Crippen LogP contribution is 2.47. The summed E-state index contributed by atoms with van der Waals surface area (Å²) in [4.78, 5) is 36.8. The molecule has 0 aliphatic heterocycles. The first-order chi connectivity index (χ1) is 10.9. The van der Waals surface area contributed by atoms with Gasteiger partial charge in [0.25, 0.3) is 5.91 Å². The fourth-order valence-electron chi connectivity index (χ4n) is 3.51. The van der Waals surface area contributed by atoms with Gasteiger partial charge in [-0.05, 0) is 37.7 Å². The number of thiophene rings is 1. The molecule has 2 N–H and O–H groups in total. The van der Waals surface area contributed by atoms with Crippen LogP contribution in [0.2, 0.25) is 0 Å². The van der Waals surface area contributed by atoms with Crippen LogP contribution >= 0.6 is 11.3 Å². The molecule has 2 bridgehead atoms. The van der Waals surface area contributed by atoms with E-state index < -0.39 is 29.6 Å². The number of allylic oxidation sites excluding steroid dienone is 2. The van der Waals surface area contributed by atoms with Crippen molar-refractivity contribution in [3.05, 3.63) is 33.5 Å². The smallest absolute Gasteiger partial charge is 0.270 e. The van der Waals surface area contributed by atoms with Gasteiger partial charge in [-0.3, -0.25) is 20.4 Å². The monoisotopic (exact) mass is 333 g/mol. The van der Waals surface area contributed by atoms with Gasteiger partial charge < -0.3 is 9.90 Å². The van der Waals surface area contributed by atoms with E-state index in [1.807, 2.05) is 26.0 Å². The normalized spacial score (nSPS) is 27.9. The van der Waals surface area contributed by atoms with Crippen LogP contribution in [0.15, 0.2) is 17.5 Å². The highest BCUT2D eigenvalue weighted by Gasteiger charge is 2.48. The molecule has 4 atom stereocenters. The SMILES string of the molecule is Cc1scc(C(=O)NNC(=O)[C@@H]2[C@@H](C(=O)[O-])[C@H]3C=C[C@@H]2C3)c1C. The lowest BCUT2D eigenvalue weighted by atomic mass is 9.82. The van der Waals surface area contributed by atoms with E-state index in [0.717, 1.165) is 10.4 Å². The Hall–Kier alpha value is -2.15. The number of hydrazine groups is 1. The molecule has 0 aromatic carbocycles. The van der Waals surface area contributed by atoms with Gasteiger partial charge in [0.2, 0.25) is 5.91 Å². The summed E-state index contributed by atoms with van der Waals surface area (Å²) < 4.78 is 0. The number of carbonyl (C=O) groups is 3. The molecule has 1 fully saturated rings. The molecule has 0 spiro atoms. The number of carboxylic acids is 1. The standard InChI is InChI=1S/C16H18N2O4S/c1-7-8(2)23-6-11(7)14(19)17-18-15(20)12-9-3-4-10(5-9)13(12)16(21)22/h3-4,6,9-10,12-13H,5H2,1-2H3,(H,17,19)(H,18,20)(H,21,22)/p-1/t9-,10+,12+,13+/m1/s1. The average Bonchev–Trinajstić information content (AvgIpc) is 3.20. The van der Waals surface area contributed by atoms with Gasteiger partial charge in [-0.25, -0.2) is 0 Å². The summed E-state index contributed by atoms with van der Waals surface area (Å²) in [6.07, 6.45) is 4.36. The number of hydrogen-bond acceptors (Lipinski definition) is 5. The number of aliphatic carboxylic acids is 1. The Morgan fingerprint density at radius 1 is 1.13 bits per heavy atom. The molecule has 0 saturated heterocycles. The van der Waals surface area contributed by atoms with Gasteiger partial charge in [-0.15, -0.1) is 11.3 Å². The van der Waals surface area contributed by atoms with Crippen LogP contribution in [-0.2, 0) is 9.59 Å². The van der Waals surface area contributed by atoms with Crippen LogP contribution in [0.4, 0.5) is 0 Å². The Kier molecular flexibility index (Phi) is 3.97. The van der Waals surface area contributed by atoms with E-state index in [2.05, 4.69) is 10.9 Å². The van der Waals surface area contributed by atoms with Crippen molar-refractivity contribution in [3.8, 4) is 0 Å². The molecule has 1 heterocycles. The van der Waals surface area contributed by atoms with Crippen molar-refractivity contribution in [2.24, 2.45) is 23.7 Å². The molecule has 2 amide bonds. The van der Waals surface area contributed by atoms with E-state index in [1.54, 1.807) is 5.38 Å². The van der Waals surface area contributed by atoms with Crippen molar-refractivity contribution in [2.45, 2.75) is 20.3 Å². The van der Waals surface area contributed by atoms with E-state index in [1.165, 1.54) is 11.3 Å². The van der Waals surface area contributed by atoms with Gasteiger partial charge in [-0.2, -0.15) is 0 Å². The molecule has 1 aromatic heterocycles. The van der Waals surface area contributed by atoms with Crippen molar-refractivity contribution in [2.75, 3.05) is 0 Å². The predicted octanol–water partition coefficient (Wildman–Crippen LogP) is 0.314. The molecule has 122 valence electrons. The third-order valence-electron chi connectivity index (χ3n) is 4.86. The lowest BCUT2D eigenvalue weighted by Crippen LogP contribution is -2.50. The molecule has 1 aromatic rings. The van der Waals surface area contributed by atoms with Crippen LogP contribution in [-0.4, -0.2) is 17.8 Å². The van der Waals surface area contributed by atoms with Gasteiger partial charge in [0, 0.05) is 22.1 Å². The Labute approximate surface area is 137 Å². The number of nitrogens with one attached hydrogen (secondary N) is 2. The van der Waals surface area contributed by atoms with Crippen LogP contribution in [0.25, 0.3) is 0 Å². The minimum absolute atomic E-state index is 0.107. The number of fused-ring (bicyclic) bond motifs is 2. The summed E-state index contributed by atoms with van der Waals surface area (Å²) in [6.45, 7) is 3.76. The molecule has 23 heavy (non-hydrogen) atoms. The average molecular weight is 333 g/mol. The van der Waals surface area contributed by atoms with Crippen molar-refractivity contribution < 1.29 is 19.5 Å². The second kappa shape index (κ2) is 5.81. The number of carbonyl (C=O) groups excluding carboxylic acids is 3. The summed E-state index contributed by atoms with van der Waals surface area (Å²) in [7, 11) is 0. The van der Waals surface area contributed by atoms with Crippen molar-refractivity contribution >= 4 is 29.1 Å². The van der Waals surface area contributed by atoms with E-state index in [-0.39, 0.29) is 11.8 Å². The van der Waals surface area contributed by atoms with Gasteiger partial charge in [-0.1, -0.05) is 12.2 Å². The molecule has 1 saturated carbocycles. The minimum Gasteiger partial charge on any atom is -0.550 e. The largest absolute Gasteiger partial charge is 0.550 e. The minimum atomic E-state index is -1.21. The molecule has 7 heteroatoms.